The lowest BCUT2D eigenvalue weighted by Crippen LogP contribution is -2.20. The second-order valence-corrected chi connectivity index (χ2v) is 4.26. The Hall–Kier alpha value is -2.89. The van der Waals surface area contributed by atoms with E-state index in [2.05, 4.69) is 5.32 Å². The van der Waals surface area contributed by atoms with Gasteiger partial charge in [-0.1, -0.05) is 0 Å². The van der Waals surface area contributed by atoms with Crippen molar-refractivity contribution < 1.29 is 18.7 Å². The van der Waals surface area contributed by atoms with Crippen molar-refractivity contribution in [1.82, 2.24) is 0 Å². The number of hydrogen-bond acceptors (Lipinski definition) is 4. The normalized spacial score (nSPS) is 9.95. The molecule has 6 heteroatoms. The Morgan fingerprint density at radius 1 is 1.24 bits per heavy atom. The van der Waals surface area contributed by atoms with Crippen LogP contribution in [0.2, 0.25) is 0 Å². The number of nitrogens with two attached hydrogens (primary N) is 1. The Morgan fingerprint density at radius 2 is 1.95 bits per heavy atom. The fraction of sp³-hybridized carbons (Fsp3) is 0.0667. The maximum atomic E-state index is 12.7. The second-order valence-electron chi connectivity index (χ2n) is 4.26. The summed E-state index contributed by atoms with van der Waals surface area (Å²) in [5.41, 5.74) is 6.86. The number of amides is 1. The van der Waals surface area contributed by atoms with Crippen molar-refractivity contribution in [2.75, 3.05) is 17.7 Å². The molecule has 0 radical (unpaired) electrons. The molecule has 21 heavy (non-hydrogen) atoms. The van der Waals surface area contributed by atoms with E-state index in [-0.39, 0.29) is 18.1 Å². The molecule has 1 amide bonds. The molecule has 2 aromatic rings. The van der Waals surface area contributed by atoms with E-state index in [1.807, 2.05) is 0 Å². The summed E-state index contributed by atoms with van der Waals surface area (Å²) < 4.78 is 18.0. The van der Waals surface area contributed by atoms with E-state index in [1.54, 1.807) is 0 Å². The predicted octanol–water partition coefficient (Wildman–Crippen LogP) is 2.24. The number of benzene rings is 2. The maximum absolute atomic E-state index is 12.7. The molecule has 0 spiro atoms. The standard InChI is InChI=1S/C15H13FN2O3/c16-11-2-4-12(5-3-11)18-15(20)9-21-14-6-1-10(8-19)7-13(14)17/h1-8H,9,17H2,(H,18,20). The van der Waals surface area contributed by atoms with E-state index in [0.717, 1.165) is 0 Å². The number of carbonyl (C=O) groups excluding carboxylic acids is 2. The third-order valence-electron chi connectivity index (χ3n) is 2.66. The van der Waals surface area contributed by atoms with Crippen molar-refractivity contribution in [3.05, 3.63) is 53.8 Å². The molecule has 0 atom stereocenters. The number of ether oxygens (including phenoxy) is 1. The van der Waals surface area contributed by atoms with Crippen molar-refractivity contribution in [3.63, 3.8) is 0 Å². The molecule has 5 nitrogen and oxygen atoms in total. The van der Waals surface area contributed by atoms with Crippen LogP contribution in [0.3, 0.4) is 0 Å². The van der Waals surface area contributed by atoms with E-state index in [1.165, 1.54) is 42.5 Å². The topological polar surface area (TPSA) is 81.4 Å². The first-order valence-electron chi connectivity index (χ1n) is 6.11. The Morgan fingerprint density at radius 3 is 2.57 bits per heavy atom. The number of carbonyl (C=O) groups is 2. The van der Waals surface area contributed by atoms with Gasteiger partial charge in [0.25, 0.3) is 5.91 Å². The summed E-state index contributed by atoms with van der Waals surface area (Å²) in [4.78, 5) is 22.3. The van der Waals surface area contributed by atoms with E-state index < -0.39 is 5.91 Å². The molecule has 0 heterocycles. The number of halogens is 1. The number of aldehydes is 1. The van der Waals surface area contributed by atoms with Crippen LogP contribution in [-0.2, 0) is 4.79 Å². The zero-order valence-corrected chi connectivity index (χ0v) is 11.0. The lowest BCUT2D eigenvalue weighted by Gasteiger charge is -2.09. The third kappa shape index (κ3) is 4.04. The molecule has 0 fully saturated rings. The van der Waals surface area contributed by atoms with Gasteiger partial charge in [-0.05, 0) is 42.5 Å². The van der Waals surface area contributed by atoms with Gasteiger partial charge in [-0.25, -0.2) is 4.39 Å². The molecule has 0 saturated heterocycles. The van der Waals surface area contributed by atoms with Crippen molar-refractivity contribution in [2.45, 2.75) is 0 Å². The summed E-state index contributed by atoms with van der Waals surface area (Å²) in [6.07, 6.45) is 0.668. The van der Waals surface area contributed by atoms with Crippen LogP contribution in [0.25, 0.3) is 0 Å². The highest BCUT2D eigenvalue weighted by molar-refractivity contribution is 5.92. The minimum absolute atomic E-state index is 0.248. The highest BCUT2D eigenvalue weighted by Gasteiger charge is 2.06. The molecule has 108 valence electrons. The summed E-state index contributed by atoms with van der Waals surface area (Å²) in [6, 6.07) is 9.89. The molecule has 0 aliphatic rings. The zero-order chi connectivity index (χ0) is 15.2. The molecular weight excluding hydrogens is 275 g/mol. The summed E-state index contributed by atoms with van der Waals surface area (Å²) in [6.45, 7) is -0.248. The Kier molecular flexibility index (Phi) is 4.50. The van der Waals surface area contributed by atoms with Gasteiger partial charge in [0.05, 0.1) is 5.69 Å². The van der Waals surface area contributed by atoms with Gasteiger partial charge in [-0.2, -0.15) is 0 Å². The van der Waals surface area contributed by atoms with E-state index in [0.29, 0.717) is 23.3 Å². The minimum atomic E-state index is -0.402. The van der Waals surface area contributed by atoms with Gasteiger partial charge in [0.1, 0.15) is 17.9 Å². The highest BCUT2D eigenvalue weighted by atomic mass is 19.1. The number of rotatable bonds is 5. The summed E-state index contributed by atoms with van der Waals surface area (Å²) >= 11 is 0. The van der Waals surface area contributed by atoms with Crippen molar-refractivity contribution in [1.29, 1.82) is 0 Å². The van der Waals surface area contributed by atoms with Gasteiger partial charge in [0.2, 0.25) is 0 Å². The molecule has 0 unspecified atom stereocenters. The second kappa shape index (κ2) is 6.51. The summed E-state index contributed by atoms with van der Waals surface area (Å²) in [7, 11) is 0. The van der Waals surface area contributed by atoms with Crippen LogP contribution in [-0.4, -0.2) is 18.8 Å². The Labute approximate surface area is 120 Å². The Balaban J connectivity index is 1.92. The van der Waals surface area contributed by atoms with E-state index >= 15 is 0 Å². The number of nitrogens with one attached hydrogen (secondary N) is 1. The minimum Gasteiger partial charge on any atom is -0.482 e. The van der Waals surface area contributed by atoms with Gasteiger partial charge in [0, 0.05) is 11.3 Å². The van der Waals surface area contributed by atoms with Gasteiger partial charge in [0.15, 0.2) is 6.61 Å². The quantitative estimate of drug-likeness (QED) is 0.653. The molecule has 0 aliphatic heterocycles. The van der Waals surface area contributed by atoms with Crippen LogP contribution >= 0.6 is 0 Å². The zero-order valence-electron chi connectivity index (χ0n) is 11.0. The van der Waals surface area contributed by atoms with Gasteiger partial charge >= 0.3 is 0 Å². The number of nitrogen functional groups attached to an aromatic ring is 1. The smallest absolute Gasteiger partial charge is 0.262 e. The molecule has 0 aliphatic carbocycles. The number of anilines is 2. The molecule has 0 aromatic heterocycles. The average molecular weight is 288 g/mol. The average Bonchev–Trinajstić information content (AvgIpc) is 2.48. The largest absolute Gasteiger partial charge is 0.482 e. The molecule has 0 bridgehead atoms. The van der Waals surface area contributed by atoms with Crippen LogP contribution in [0.5, 0.6) is 5.75 Å². The fourth-order valence-electron chi connectivity index (χ4n) is 1.65. The SMILES string of the molecule is Nc1cc(C=O)ccc1OCC(=O)Nc1ccc(F)cc1. The van der Waals surface area contributed by atoms with Crippen LogP contribution < -0.4 is 15.8 Å². The van der Waals surface area contributed by atoms with Crippen LogP contribution in [0.1, 0.15) is 10.4 Å². The summed E-state index contributed by atoms with van der Waals surface area (Å²) in [5.74, 6) is -0.470. The van der Waals surface area contributed by atoms with Crippen molar-refractivity contribution in [2.24, 2.45) is 0 Å². The first-order chi connectivity index (χ1) is 10.1. The van der Waals surface area contributed by atoms with Gasteiger partial charge in [-0.3, -0.25) is 9.59 Å². The monoisotopic (exact) mass is 288 g/mol. The fourth-order valence-corrected chi connectivity index (χ4v) is 1.65. The van der Waals surface area contributed by atoms with Crippen LogP contribution in [0, 0.1) is 5.82 Å². The summed E-state index contributed by atoms with van der Waals surface area (Å²) in [5, 5.41) is 2.55. The lowest BCUT2D eigenvalue weighted by atomic mass is 10.2. The maximum Gasteiger partial charge on any atom is 0.262 e. The van der Waals surface area contributed by atoms with Crippen molar-refractivity contribution >= 4 is 23.6 Å². The highest BCUT2D eigenvalue weighted by Crippen LogP contribution is 2.21. The lowest BCUT2D eigenvalue weighted by molar-refractivity contribution is -0.118. The van der Waals surface area contributed by atoms with Crippen LogP contribution in [0.4, 0.5) is 15.8 Å². The third-order valence-corrected chi connectivity index (χ3v) is 2.66. The van der Waals surface area contributed by atoms with E-state index in [9.17, 15) is 14.0 Å². The van der Waals surface area contributed by atoms with Gasteiger partial charge < -0.3 is 15.8 Å². The number of hydrogen-bond donors (Lipinski definition) is 2. The first kappa shape index (κ1) is 14.5. The molecule has 2 rings (SSSR count). The van der Waals surface area contributed by atoms with E-state index in [4.69, 9.17) is 10.5 Å². The first-order valence-corrected chi connectivity index (χ1v) is 6.11. The Bertz CT molecular complexity index is 656. The molecule has 2 aromatic carbocycles. The predicted molar refractivity (Wildman–Crippen MR) is 76.8 cm³/mol. The van der Waals surface area contributed by atoms with Crippen molar-refractivity contribution in [3.8, 4) is 5.75 Å². The molecule has 0 saturated carbocycles. The van der Waals surface area contributed by atoms with Gasteiger partial charge in [-0.15, -0.1) is 0 Å². The molecular formula is C15H13FN2O3. The van der Waals surface area contributed by atoms with Crippen LogP contribution in [0.15, 0.2) is 42.5 Å². The molecule has 3 N–H and O–H groups in total.